The maximum absolute atomic E-state index is 10.4. The van der Waals surface area contributed by atoms with E-state index >= 15 is 0 Å². The Hall–Kier alpha value is -1.06. The first-order valence-electron chi connectivity index (χ1n) is 2.96. The Balaban J connectivity index is 3.49. The van der Waals surface area contributed by atoms with Crippen molar-refractivity contribution in [2.45, 2.75) is 13.3 Å². The average molecular weight is 143 g/mol. The highest BCUT2D eigenvalue weighted by Crippen LogP contribution is 2.01. The van der Waals surface area contributed by atoms with Gasteiger partial charge in [-0.25, -0.2) is 0 Å². The molecule has 10 heavy (non-hydrogen) atoms. The number of nitrogens with two attached hydrogens (primary N) is 2. The standard InChI is InChI=1S/C6H11N2O2/c1-4(6(8)10)2-3-5(7)9/h3-4H,2H2,1H3,(H2,7,9)(H2,8,10)/t4-/m1/s1. The number of hydrogen-bond donors (Lipinski definition) is 2. The van der Waals surface area contributed by atoms with Crippen LogP contribution < -0.4 is 11.5 Å². The average Bonchev–Trinajstić information content (AvgIpc) is 1.82. The molecule has 0 aromatic carbocycles. The zero-order valence-electron chi connectivity index (χ0n) is 5.83. The molecule has 4 N–H and O–H groups in total. The molecule has 0 aliphatic heterocycles. The van der Waals surface area contributed by atoms with Gasteiger partial charge in [-0.15, -0.1) is 0 Å². The molecular formula is C6H11N2O2. The van der Waals surface area contributed by atoms with E-state index in [4.69, 9.17) is 11.5 Å². The minimum Gasteiger partial charge on any atom is -0.369 e. The van der Waals surface area contributed by atoms with Crippen molar-refractivity contribution in [1.82, 2.24) is 0 Å². The van der Waals surface area contributed by atoms with Gasteiger partial charge in [0, 0.05) is 5.92 Å². The van der Waals surface area contributed by atoms with E-state index in [9.17, 15) is 9.59 Å². The van der Waals surface area contributed by atoms with Gasteiger partial charge in [-0.2, -0.15) is 0 Å². The molecule has 0 bridgehead atoms. The van der Waals surface area contributed by atoms with Gasteiger partial charge in [-0.1, -0.05) is 6.92 Å². The van der Waals surface area contributed by atoms with Crippen LogP contribution in [0.1, 0.15) is 13.3 Å². The number of rotatable bonds is 4. The van der Waals surface area contributed by atoms with E-state index in [1.54, 1.807) is 6.92 Å². The predicted octanol–water partition coefficient (Wildman–Crippen LogP) is -0.813. The van der Waals surface area contributed by atoms with Crippen molar-refractivity contribution in [3.8, 4) is 0 Å². The number of hydrogen-bond acceptors (Lipinski definition) is 2. The lowest BCUT2D eigenvalue weighted by Crippen LogP contribution is -2.22. The second-order valence-electron chi connectivity index (χ2n) is 2.15. The Morgan fingerprint density at radius 3 is 2.30 bits per heavy atom. The molecule has 0 fully saturated rings. The largest absolute Gasteiger partial charge is 0.369 e. The number of carbonyl (C=O) groups is 2. The minimum atomic E-state index is -0.520. The lowest BCUT2D eigenvalue weighted by atomic mass is 10.1. The highest BCUT2D eigenvalue weighted by Gasteiger charge is 2.09. The molecule has 1 atom stereocenters. The van der Waals surface area contributed by atoms with Crippen LogP contribution in [0, 0.1) is 12.3 Å². The van der Waals surface area contributed by atoms with Crippen LogP contribution in [0.3, 0.4) is 0 Å². The molecular weight excluding hydrogens is 132 g/mol. The fourth-order valence-electron chi connectivity index (χ4n) is 0.409. The summed E-state index contributed by atoms with van der Waals surface area (Å²) in [6.45, 7) is 1.64. The van der Waals surface area contributed by atoms with Crippen LogP contribution in [-0.4, -0.2) is 11.8 Å². The monoisotopic (exact) mass is 143 g/mol. The van der Waals surface area contributed by atoms with Crippen molar-refractivity contribution >= 4 is 11.8 Å². The zero-order valence-corrected chi connectivity index (χ0v) is 5.83. The van der Waals surface area contributed by atoms with Crippen molar-refractivity contribution in [2.24, 2.45) is 17.4 Å². The fraction of sp³-hybridized carbons (Fsp3) is 0.500. The molecule has 0 saturated heterocycles. The summed E-state index contributed by atoms with van der Waals surface area (Å²) in [5, 5.41) is 0. The summed E-state index contributed by atoms with van der Waals surface area (Å²) in [6.07, 6.45) is 1.57. The van der Waals surface area contributed by atoms with Crippen molar-refractivity contribution < 1.29 is 9.59 Å². The third kappa shape index (κ3) is 3.88. The summed E-state index contributed by atoms with van der Waals surface area (Å²) in [5.41, 5.74) is 9.71. The molecule has 4 heteroatoms. The molecule has 0 aromatic heterocycles. The van der Waals surface area contributed by atoms with Crippen molar-refractivity contribution in [3.63, 3.8) is 0 Å². The van der Waals surface area contributed by atoms with E-state index < -0.39 is 11.8 Å². The lowest BCUT2D eigenvalue weighted by Gasteiger charge is -2.02. The molecule has 0 spiro atoms. The highest BCUT2D eigenvalue weighted by atomic mass is 16.1. The summed E-state index contributed by atoms with van der Waals surface area (Å²) in [6, 6.07) is 0. The molecule has 2 amide bonds. The van der Waals surface area contributed by atoms with Gasteiger partial charge in [0.25, 0.3) is 0 Å². The Kier molecular flexibility index (Phi) is 3.46. The van der Waals surface area contributed by atoms with E-state index in [-0.39, 0.29) is 5.92 Å². The van der Waals surface area contributed by atoms with Crippen LogP contribution in [-0.2, 0) is 9.59 Å². The SMILES string of the molecule is C[C@H](C[CH]C(N)=O)C(N)=O. The Bertz CT molecular complexity index is 145. The van der Waals surface area contributed by atoms with Crippen molar-refractivity contribution in [2.75, 3.05) is 0 Å². The summed E-state index contributed by atoms with van der Waals surface area (Å²) >= 11 is 0. The molecule has 0 aliphatic carbocycles. The molecule has 0 aliphatic rings. The Morgan fingerprint density at radius 1 is 1.50 bits per heavy atom. The van der Waals surface area contributed by atoms with Gasteiger partial charge in [0.2, 0.25) is 11.8 Å². The third-order valence-electron chi connectivity index (χ3n) is 1.16. The molecule has 1 radical (unpaired) electrons. The third-order valence-corrected chi connectivity index (χ3v) is 1.16. The second kappa shape index (κ2) is 3.87. The Morgan fingerprint density at radius 2 is 2.00 bits per heavy atom. The second-order valence-corrected chi connectivity index (χ2v) is 2.15. The van der Waals surface area contributed by atoms with E-state index in [1.165, 1.54) is 6.42 Å². The van der Waals surface area contributed by atoms with Crippen LogP contribution in [0.5, 0.6) is 0 Å². The summed E-state index contributed by atoms with van der Waals surface area (Å²) < 4.78 is 0. The van der Waals surface area contributed by atoms with E-state index in [0.29, 0.717) is 6.42 Å². The van der Waals surface area contributed by atoms with Gasteiger partial charge in [-0.05, 0) is 6.42 Å². The van der Waals surface area contributed by atoms with E-state index in [1.807, 2.05) is 0 Å². The van der Waals surface area contributed by atoms with Crippen LogP contribution in [0.4, 0.5) is 0 Å². The smallest absolute Gasteiger partial charge is 0.221 e. The zero-order chi connectivity index (χ0) is 8.15. The van der Waals surface area contributed by atoms with E-state index in [0.717, 1.165) is 0 Å². The van der Waals surface area contributed by atoms with Gasteiger partial charge in [0.1, 0.15) is 0 Å². The first-order chi connectivity index (χ1) is 4.54. The van der Waals surface area contributed by atoms with Crippen LogP contribution >= 0.6 is 0 Å². The molecule has 0 saturated carbocycles. The molecule has 0 unspecified atom stereocenters. The van der Waals surface area contributed by atoms with Crippen LogP contribution in [0.15, 0.2) is 0 Å². The summed E-state index contributed by atoms with van der Waals surface area (Å²) in [7, 11) is 0. The van der Waals surface area contributed by atoms with E-state index in [2.05, 4.69) is 0 Å². The summed E-state index contributed by atoms with van der Waals surface area (Å²) in [5.74, 6) is -1.25. The molecule has 0 aromatic rings. The Labute approximate surface area is 59.6 Å². The van der Waals surface area contributed by atoms with Crippen molar-refractivity contribution in [1.29, 1.82) is 0 Å². The predicted molar refractivity (Wildman–Crippen MR) is 36.5 cm³/mol. The first-order valence-corrected chi connectivity index (χ1v) is 2.96. The quantitative estimate of drug-likeness (QED) is 0.539. The van der Waals surface area contributed by atoms with Crippen LogP contribution in [0.25, 0.3) is 0 Å². The van der Waals surface area contributed by atoms with Gasteiger partial charge in [0.15, 0.2) is 0 Å². The molecule has 0 heterocycles. The van der Waals surface area contributed by atoms with Gasteiger partial charge in [-0.3, -0.25) is 9.59 Å². The topological polar surface area (TPSA) is 86.2 Å². The normalized spacial score (nSPS) is 12.5. The maximum Gasteiger partial charge on any atom is 0.221 e. The number of primary amides is 2. The van der Waals surface area contributed by atoms with Gasteiger partial charge < -0.3 is 11.5 Å². The summed E-state index contributed by atoms with van der Waals surface area (Å²) in [4.78, 5) is 20.5. The molecule has 57 valence electrons. The molecule has 4 nitrogen and oxygen atoms in total. The first kappa shape index (κ1) is 8.94. The molecule has 0 rings (SSSR count). The van der Waals surface area contributed by atoms with Crippen molar-refractivity contribution in [3.05, 3.63) is 6.42 Å². The maximum atomic E-state index is 10.4. The minimum absolute atomic E-state index is 0.313. The number of carbonyl (C=O) groups excluding carboxylic acids is 2. The lowest BCUT2D eigenvalue weighted by molar-refractivity contribution is -0.121. The van der Waals surface area contributed by atoms with Crippen LogP contribution in [0.2, 0.25) is 0 Å². The number of amides is 2. The fourth-order valence-corrected chi connectivity index (χ4v) is 0.409. The highest BCUT2D eigenvalue weighted by molar-refractivity contribution is 5.84. The van der Waals surface area contributed by atoms with Gasteiger partial charge >= 0.3 is 0 Å². The van der Waals surface area contributed by atoms with Gasteiger partial charge in [0.05, 0.1) is 6.42 Å².